The van der Waals surface area contributed by atoms with E-state index in [1.807, 2.05) is 11.8 Å². The Balaban J connectivity index is 2.67. The molecule has 1 aliphatic heterocycles. The van der Waals surface area contributed by atoms with E-state index < -0.39 is 0 Å². The second-order valence-electron chi connectivity index (χ2n) is 5.70. The molecule has 3 nitrogen and oxygen atoms in total. The average Bonchev–Trinajstić information content (AvgIpc) is 2.41. The van der Waals surface area contributed by atoms with E-state index >= 15 is 0 Å². The van der Waals surface area contributed by atoms with Gasteiger partial charge in [0.25, 0.3) is 0 Å². The molecule has 112 valence electrons. The van der Waals surface area contributed by atoms with Gasteiger partial charge in [0.1, 0.15) is 0 Å². The maximum absolute atomic E-state index is 5.69. The zero-order chi connectivity index (χ0) is 14.9. The summed E-state index contributed by atoms with van der Waals surface area (Å²) in [6.45, 7) is 9.83. The summed E-state index contributed by atoms with van der Waals surface area (Å²) in [7, 11) is 3.43. The van der Waals surface area contributed by atoms with Crippen LogP contribution in [0.3, 0.4) is 0 Å². The number of hydrogen-bond donors (Lipinski definition) is 1. The molecular formula is C16H25NO2S. The highest BCUT2D eigenvalue weighted by Gasteiger charge is 2.39. The molecule has 0 fully saturated rings. The van der Waals surface area contributed by atoms with E-state index in [-0.39, 0.29) is 10.8 Å². The number of nitrogens with one attached hydrogen (secondary N) is 1. The van der Waals surface area contributed by atoms with Crippen molar-refractivity contribution in [3.63, 3.8) is 0 Å². The van der Waals surface area contributed by atoms with E-state index in [1.165, 1.54) is 16.7 Å². The van der Waals surface area contributed by atoms with Crippen LogP contribution in [0, 0.1) is 6.92 Å². The Morgan fingerprint density at radius 1 is 1.35 bits per heavy atom. The van der Waals surface area contributed by atoms with Gasteiger partial charge in [0, 0.05) is 16.1 Å². The first kappa shape index (κ1) is 15.5. The number of methoxy groups -OCH3 is 2. The summed E-state index contributed by atoms with van der Waals surface area (Å²) >= 11 is 2.00. The van der Waals surface area contributed by atoms with Gasteiger partial charge in [-0.3, -0.25) is 0 Å². The molecule has 4 heteroatoms. The average molecular weight is 295 g/mol. The first-order chi connectivity index (χ1) is 9.46. The molecule has 0 amide bonds. The predicted molar refractivity (Wildman–Crippen MR) is 86.1 cm³/mol. The van der Waals surface area contributed by atoms with Gasteiger partial charge in [-0.25, -0.2) is 0 Å². The molecule has 1 aliphatic rings. The summed E-state index contributed by atoms with van der Waals surface area (Å²) in [5.41, 5.74) is 3.94. The number of fused-ring (bicyclic) bond motifs is 1. The maximum atomic E-state index is 5.69. The summed E-state index contributed by atoms with van der Waals surface area (Å²) in [5, 5.41) is 3.63. The van der Waals surface area contributed by atoms with E-state index in [0.29, 0.717) is 0 Å². The van der Waals surface area contributed by atoms with Gasteiger partial charge in [0.15, 0.2) is 11.5 Å². The van der Waals surface area contributed by atoms with Gasteiger partial charge < -0.3 is 14.8 Å². The smallest absolute Gasteiger partial charge is 0.165 e. The third kappa shape index (κ3) is 2.51. The summed E-state index contributed by atoms with van der Waals surface area (Å²) in [6.07, 6.45) is 0. The number of ether oxygens (including phenoxy) is 2. The molecule has 2 rings (SSSR count). The minimum atomic E-state index is 0.134. The standard InChI is InChI=1S/C16H25NO2S/c1-7-17-15-13-11(9-20-16(15,3)4)10(2)8-12(18-5)14(13)19-6/h8,15,17H,7,9H2,1-6H3. The van der Waals surface area contributed by atoms with E-state index in [2.05, 4.69) is 39.1 Å². The monoisotopic (exact) mass is 295 g/mol. The van der Waals surface area contributed by atoms with Gasteiger partial charge in [-0.05, 0) is 44.5 Å². The zero-order valence-electron chi connectivity index (χ0n) is 13.3. The normalized spacial score (nSPS) is 20.4. The quantitative estimate of drug-likeness (QED) is 0.917. The molecule has 1 heterocycles. The predicted octanol–water partition coefficient (Wildman–Crippen LogP) is 3.69. The molecule has 0 saturated heterocycles. The lowest BCUT2D eigenvalue weighted by molar-refractivity contribution is 0.339. The number of hydrogen-bond acceptors (Lipinski definition) is 4. The van der Waals surface area contributed by atoms with Crippen molar-refractivity contribution in [1.82, 2.24) is 5.32 Å². The minimum Gasteiger partial charge on any atom is -0.493 e. The Kier molecular flexibility index (Phi) is 4.55. The lowest BCUT2D eigenvalue weighted by atomic mass is 9.88. The number of rotatable bonds is 4. The lowest BCUT2D eigenvalue weighted by Gasteiger charge is -2.41. The van der Waals surface area contributed by atoms with Gasteiger partial charge >= 0.3 is 0 Å². The van der Waals surface area contributed by atoms with Crippen LogP contribution in [0.4, 0.5) is 0 Å². The van der Waals surface area contributed by atoms with Crippen LogP contribution in [0.5, 0.6) is 11.5 Å². The van der Waals surface area contributed by atoms with Crippen molar-refractivity contribution in [3.8, 4) is 11.5 Å². The van der Waals surface area contributed by atoms with E-state index in [4.69, 9.17) is 9.47 Å². The highest BCUT2D eigenvalue weighted by atomic mass is 32.2. The zero-order valence-corrected chi connectivity index (χ0v) is 14.1. The van der Waals surface area contributed by atoms with Gasteiger partial charge in [-0.2, -0.15) is 0 Å². The van der Waals surface area contributed by atoms with Crippen molar-refractivity contribution in [3.05, 3.63) is 22.8 Å². The summed E-state index contributed by atoms with van der Waals surface area (Å²) < 4.78 is 11.3. The van der Waals surface area contributed by atoms with Crippen LogP contribution >= 0.6 is 11.8 Å². The molecule has 0 aliphatic carbocycles. The van der Waals surface area contributed by atoms with Crippen molar-refractivity contribution in [2.24, 2.45) is 0 Å². The maximum Gasteiger partial charge on any atom is 0.165 e. The number of thioether (sulfide) groups is 1. The summed E-state index contributed by atoms with van der Waals surface area (Å²) in [6, 6.07) is 2.35. The molecule has 1 N–H and O–H groups in total. The molecule has 0 saturated carbocycles. The second kappa shape index (κ2) is 5.86. The fourth-order valence-corrected chi connectivity index (χ4v) is 4.20. The molecule has 0 spiro atoms. The van der Waals surface area contributed by atoms with Crippen molar-refractivity contribution in [1.29, 1.82) is 0 Å². The Labute approximate surface area is 126 Å². The Morgan fingerprint density at radius 2 is 2.05 bits per heavy atom. The summed E-state index contributed by atoms with van der Waals surface area (Å²) in [4.78, 5) is 0. The third-order valence-corrected chi connectivity index (χ3v) is 5.43. The van der Waals surface area contributed by atoms with Crippen LogP contribution in [-0.4, -0.2) is 25.5 Å². The topological polar surface area (TPSA) is 30.5 Å². The first-order valence-electron chi connectivity index (χ1n) is 7.08. The van der Waals surface area contributed by atoms with Crippen LogP contribution in [0.15, 0.2) is 6.07 Å². The van der Waals surface area contributed by atoms with Gasteiger partial charge in [-0.1, -0.05) is 6.92 Å². The fraction of sp³-hybridized carbons (Fsp3) is 0.625. The first-order valence-corrected chi connectivity index (χ1v) is 8.06. The van der Waals surface area contributed by atoms with E-state index in [1.54, 1.807) is 14.2 Å². The molecule has 1 unspecified atom stereocenters. The van der Waals surface area contributed by atoms with Crippen LogP contribution in [0.1, 0.15) is 43.5 Å². The molecule has 1 aromatic carbocycles. The fourth-order valence-electron chi connectivity index (χ4n) is 2.93. The Hall–Kier alpha value is -0.870. The molecule has 1 aromatic rings. The van der Waals surface area contributed by atoms with Crippen molar-refractivity contribution >= 4 is 11.8 Å². The van der Waals surface area contributed by atoms with Crippen molar-refractivity contribution in [2.45, 2.75) is 44.2 Å². The largest absolute Gasteiger partial charge is 0.493 e. The van der Waals surface area contributed by atoms with E-state index in [9.17, 15) is 0 Å². The van der Waals surface area contributed by atoms with Crippen LogP contribution < -0.4 is 14.8 Å². The van der Waals surface area contributed by atoms with Gasteiger partial charge in [0.05, 0.1) is 20.3 Å². The van der Waals surface area contributed by atoms with Crippen LogP contribution in [-0.2, 0) is 5.75 Å². The Morgan fingerprint density at radius 3 is 2.60 bits per heavy atom. The van der Waals surface area contributed by atoms with E-state index in [0.717, 1.165) is 23.8 Å². The SMILES string of the molecule is CCNC1c2c(c(C)cc(OC)c2OC)CSC1(C)C. The molecule has 0 aromatic heterocycles. The lowest BCUT2D eigenvalue weighted by Crippen LogP contribution is -2.40. The van der Waals surface area contributed by atoms with Crippen molar-refractivity contribution in [2.75, 3.05) is 20.8 Å². The van der Waals surface area contributed by atoms with Crippen LogP contribution in [0.2, 0.25) is 0 Å². The Bertz CT molecular complexity index is 500. The molecule has 20 heavy (non-hydrogen) atoms. The minimum absolute atomic E-state index is 0.134. The molecule has 1 atom stereocenters. The molecular weight excluding hydrogens is 270 g/mol. The third-order valence-electron chi connectivity index (χ3n) is 4.02. The second-order valence-corrected chi connectivity index (χ2v) is 7.33. The highest BCUT2D eigenvalue weighted by Crippen LogP contribution is 2.52. The van der Waals surface area contributed by atoms with Crippen molar-refractivity contribution < 1.29 is 9.47 Å². The summed E-state index contributed by atoms with van der Waals surface area (Å²) in [5.74, 6) is 2.73. The molecule has 0 radical (unpaired) electrons. The molecule has 0 bridgehead atoms. The number of benzene rings is 1. The van der Waals surface area contributed by atoms with Crippen LogP contribution in [0.25, 0.3) is 0 Å². The van der Waals surface area contributed by atoms with Gasteiger partial charge in [-0.15, -0.1) is 11.8 Å². The number of aryl methyl sites for hydroxylation is 1. The highest BCUT2D eigenvalue weighted by molar-refractivity contribution is 8.00. The van der Waals surface area contributed by atoms with Gasteiger partial charge in [0.2, 0.25) is 0 Å².